The third-order valence-electron chi connectivity index (χ3n) is 3.61. The lowest BCUT2D eigenvalue weighted by Gasteiger charge is -2.26. The molecule has 0 radical (unpaired) electrons. The fourth-order valence-corrected chi connectivity index (χ4v) is 2.99. The van der Waals surface area contributed by atoms with Crippen molar-refractivity contribution in [2.45, 2.75) is 18.9 Å². The number of hydrogen-bond donors (Lipinski definition) is 0. The molecule has 1 aliphatic heterocycles. The number of benzene rings is 2. The zero-order valence-corrected chi connectivity index (χ0v) is 12.6. The minimum Gasteiger partial charge on any atom is -0.373 e. The molecule has 3 heteroatoms. The van der Waals surface area contributed by atoms with E-state index in [1.807, 2.05) is 36.4 Å². The number of rotatable bonds is 3. The molecule has 1 atom stereocenters. The molecule has 0 spiro atoms. The standard InChI is InChI=1S/C17H15BrO2/c18-14-6-7-15-13(10-14)8-9-20-17(15)11-16(19)12-4-2-1-3-5-12/h1-7,10,17H,8-9,11H2. The monoisotopic (exact) mass is 330 g/mol. The predicted molar refractivity (Wildman–Crippen MR) is 81.9 cm³/mol. The Hall–Kier alpha value is -1.45. The summed E-state index contributed by atoms with van der Waals surface area (Å²) in [5.74, 6) is 0.131. The van der Waals surface area contributed by atoms with Crippen molar-refractivity contribution >= 4 is 21.7 Å². The molecule has 0 N–H and O–H groups in total. The van der Waals surface area contributed by atoms with Gasteiger partial charge in [-0.3, -0.25) is 4.79 Å². The Morgan fingerprint density at radius 1 is 1.20 bits per heavy atom. The molecular formula is C17H15BrO2. The average molecular weight is 331 g/mol. The van der Waals surface area contributed by atoms with Crippen LogP contribution in [0.25, 0.3) is 0 Å². The van der Waals surface area contributed by atoms with Gasteiger partial charge in [-0.2, -0.15) is 0 Å². The van der Waals surface area contributed by atoms with Gasteiger partial charge in [0.1, 0.15) is 0 Å². The van der Waals surface area contributed by atoms with Gasteiger partial charge >= 0.3 is 0 Å². The van der Waals surface area contributed by atoms with Gasteiger partial charge in [0.25, 0.3) is 0 Å². The van der Waals surface area contributed by atoms with Crippen molar-refractivity contribution in [3.05, 3.63) is 69.7 Å². The molecule has 2 nitrogen and oxygen atoms in total. The van der Waals surface area contributed by atoms with E-state index in [1.54, 1.807) is 0 Å². The van der Waals surface area contributed by atoms with Gasteiger partial charge in [-0.1, -0.05) is 52.3 Å². The first-order chi connectivity index (χ1) is 9.74. The topological polar surface area (TPSA) is 26.3 Å². The van der Waals surface area contributed by atoms with Gasteiger partial charge in [0, 0.05) is 16.5 Å². The minimum atomic E-state index is -0.125. The summed E-state index contributed by atoms with van der Waals surface area (Å²) < 4.78 is 6.88. The van der Waals surface area contributed by atoms with E-state index >= 15 is 0 Å². The zero-order chi connectivity index (χ0) is 13.9. The van der Waals surface area contributed by atoms with E-state index < -0.39 is 0 Å². The summed E-state index contributed by atoms with van der Waals surface area (Å²) in [6.45, 7) is 0.677. The highest BCUT2D eigenvalue weighted by molar-refractivity contribution is 9.10. The smallest absolute Gasteiger partial charge is 0.165 e. The number of Topliss-reactive ketones (excluding diaryl/α,β-unsaturated/α-hetero) is 1. The molecule has 0 saturated carbocycles. The number of carbonyl (C=O) groups is 1. The second-order valence-electron chi connectivity index (χ2n) is 4.95. The molecule has 0 bridgehead atoms. The molecule has 0 aromatic heterocycles. The van der Waals surface area contributed by atoms with E-state index in [1.165, 1.54) is 5.56 Å². The number of carbonyl (C=O) groups excluding carboxylic acids is 1. The van der Waals surface area contributed by atoms with Crippen LogP contribution in [0.2, 0.25) is 0 Å². The SMILES string of the molecule is O=C(CC1OCCc2cc(Br)ccc21)c1ccccc1. The van der Waals surface area contributed by atoms with Crippen molar-refractivity contribution in [1.29, 1.82) is 0 Å². The quantitative estimate of drug-likeness (QED) is 0.782. The maximum absolute atomic E-state index is 12.3. The first-order valence-corrected chi connectivity index (χ1v) is 7.51. The molecule has 2 aromatic carbocycles. The van der Waals surface area contributed by atoms with Crippen LogP contribution in [-0.2, 0) is 11.2 Å². The summed E-state index contributed by atoms with van der Waals surface area (Å²) in [4.78, 5) is 12.3. The number of ether oxygens (including phenoxy) is 1. The largest absolute Gasteiger partial charge is 0.373 e. The van der Waals surface area contributed by atoms with Crippen LogP contribution in [0.1, 0.15) is 34.0 Å². The van der Waals surface area contributed by atoms with Crippen LogP contribution in [0, 0.1) is 0 Å². The van der Waals surface area contributed by atoms with Gasteiger partial charge < -0.3 is 4.74 Å². The maximum atomic E-state index is 12.3. The van der Waals surface area contributed by atoms with Gasteiger partial charge in [-0.15, -0.1) is 0 Å². The van der Waals surface area contributed by atoms with Crippen LogP contribution in [0.5, 0.6) is 0 Å². The predicted octanol–water partition coefficient (Wildman–Crippen LogP) is 4.34. The van der Waals surface area contributed by atoms with E-state index in [9.17, 15) is 4.79 Å². The van der Waals surface area contributed by atoms with Gasteiger partial charge in [-0.05, 0) is 29.7 Å². The molecule has 1 unspecified atom stereocenters. The highest BCUT2D eigenvalue weighted by Gasteiger charge is 2.23. The van der Waals surface area contributed by atoms with Crippen molar-refractivity contribution < 1.29 is 9.53 Å². The van der Waals surface area contributed by atoms with E-state index in [0.717, 1.165) is 22.0 Å². The summed E-state index contributed by atoms with van der Waals surface area (Å²) in [7, 11) is 0. The first kappa shape index (κ1) is 13.5. The van der Waals surface area contributed by atoms with Crippen LogP contribution >= 0.6 is 15.9 Å². The molecule has 0 saturated heterocycles. The van der Waals surface area contributed by atoms with Crippen LogP contribution < -0.4 is 0 Å². The number of hydrogen-bond acceptors (Lipinski definition) is 2. The van der Waals surface area contributed by atoms with Gasteiger partial charge in [0.2, 0.25) is 0 Å². The molecule has 0 fully saturated rings. The molecule has 1 aliphatic rings. The summed E-state index contributed by atoms with van der Waals surface area (Å²) >= 11 is 3.49. The van der Waals surface area contributed by atoms with Crippen molar-refractivity contribution in [1.82, 2.24) is 0 Å². The van der Waals surface area contributed by atoms with Crippen LogP contribution in [-0.4, -0.2) is 12.4 Å². The van der Waals surface area contributed by atoms with Crippen LogP contribution in [0.3, 0.4) is 0 Å². The Morgan fingerprint density at radius 2 is 2.00 bits per heavy atom. The fourth-order valence-electron chi connectivity index (χ4n) is 2.59. The van der Waals surface area contributed by atoms with Gasteiger partial charge in [-0.25, -0.2) is 0 Å². The fraction of sp³-hybridized carbons (Fsp3) is 0.235. The second kappa shape index (κ2) is 5.90. The van der Waals surface area contributed by atoms with E-state index in [0.29, 0.717) is 13.0 Å². The minimum absolute atomic E-state index is 0.125. The molecule has 0 amide bonds. The van der Waals surface area contributed by atoms with E-state index in [2.05, 4.69) is 28.1 Å². The zero-order valence-electron chi connectivity index (χ0n) is 11.0. The molecule has 0 aliphatic carbocycles. The summed E-state index contributed by atoms with van der Waals surface area (Å²) in [6, 6.07) is 15.6. The Balaban J connectivity index is 1.81. The van der Waals surface area contributed by atoms with Gasteiger partial charge in [0.15, 0.2) is 5.78 Å². The average Bonchev–Trinajstić information content (AvgIpc) is 2.48. The molecular weight excluding hydrogens is 316 g/mol. The van der Waals surface area contributed by atoms with Gasteiger partial charge in [0.05, 0.1) is 12.7 Å². The van der Waals surface area contributed by atoms with Crippen molar-refractivity contribution in [3.8, 4) is 0 Å². The Morgan fingerprint density at radius 3 is 2.80 bits per heavy atom. The Labute approximate surface area is 126 Å². The number of fused-ring (bicyclic) bond motifs is 1. The molecule has 2 aromatic rings. The molecule has 20 heavy (non-hydrogen) atoms. The lowest BCUT2D eigenvalue weighted by molar-refractivity contribution is 0.0351. The highest BCUT2D eigenvalue weighted by Crippen LogP contribution is 2.32. The Bertz CT molecular complexity index is 622. The normalized spacial score (nSPS) is 17.6. The molecule has 3 rings (SSSR count). The Kier molecular flexibility index (Phi) is 3.99. The third kappa shape index (κ3) is 2.84. The summed E-state index contributed by atoms with van der Waals surface area (Å²) in [5.41, 5.74) is 3.17. The van der Waals surface area contributed by atoms with E-state index in [-0.39, 0.29) is 11.9 Å². The summed E-state index contributed by atoms with van der Waals surface area (Å²) in [5, 5.41) is 0. The van der Waals surface area contributed by atoms with Crippen molar-refractivity contribution in [2.24, 2.45) is 0 Å². The number of ketones is 1. The second-order valence-corrected chi connectivity index (χ2v) is 5.86. The van der Waals surface area contributed by atoms with Crippen LogP contribution in [0.4, 0.5) is 0 Å². The third-order valence-corrected chi connectivity index (χ3v) is 4.10. The van der Waals surface area contributed by atoms with Crippen LogP contribution in [0.15, 0.2) is 53.0 Å². The van der Waals surface area contributed by atoms with E-state index in [4.69, 9.17) is 4.74 Å². The maximum Gasteiger partial charge on any atom is 0.165 e. The molecule has 1 heterocycles. The molecule has 102 valence electrons. The van der Waals surface area contributed by atoms with Crippen molar-refractivity contribution in [3.63, 3.8) is 0 Å². The highest BCUT2D eigenvalue weighted by atomic mass is 79.9. The summed E-state index contributed by atoms with van der Waals surface area (Å²) in [6.07, 6.45) is 1.18. The van der Waals surface area contributed by atoms with Crippen molar-refractivity contribution in [2.75, 3.05) is 6.61 Å². The lowest BCUT2D eigenvalue weighted by atomic mass is 9.93. The number of halogens is 1. The first-order valence-electron chi connectivity index (χ1n) is 6.72. The lowest BCUT2D eigenvalue weighted by Crippen LogP contribution is -2.19.